The molecule has 0 bridgehead atoms. The third kappa shape index (κ3) is 1.79. The van der Waals surface area contributed by atoms with Gasteiger partial charge in [0.15, 0.2) is 0 Å². The van der Waals surface area contributed by atoms with Gasteiger partial charge in [0.1, 0.15) is 5.01 Å². The van der Waals surface area contributed by atoms with E-state index in [4.69, 9.17) is 11.6 Å². The normalized spacial score (nSPS) is 10.5. The maximum absolute atomic E-state index is 5.74. The maximum Gasteiger partial charge on any atom is 0.207 e. The highest BCUT2D eigenvalue weighted by molar-refractivity contribution is 7.18. The molecule has 0 fully saturated rings. The molecule has 72 valence electrons. The average Bonchev–Trinajstić information content (AvgIpc) is 2.51. The first-order chi connectivity index (χ1) is 6.66. The van der Waals surface area contributed by atoms with E-state index in [-0.39, 0.29) is 0 Å². The van der Waals surface area contributed by atoms with Gasteiger partial charge in [0.25, 0.3) is 0 Å². The van der Waals surface area contributed by atoms with E-state index in [1.165, 1.54) is 22.5 Å². The van der Waals surface area contributed by atoms with Crippen LogP contribution in [0.15, 0.2) is 18.2 Å². The second-order valence-electron chi connectivity index (χ2n) is 3.18. The van der Waals surface area contributed by atoms with Crippen molar-refractivity contribution in [1.29, 1.82) is 0 Å². The SMILES string of the molecule is Cc1ccc(-c2nnc(Cl)s2)c(C)c1. The third-order valence-electron chi connectivity index (χ3n) is 2.01. The first-order valence-corrected chi connectivity index (χ1v) is 5.43. The lowest BCUT2D eigenvalue weighted by atomic mass is 10.1. The van der Waals surface area contributed by atoms with E-state index >= 15 is 0 Å². The highest BCUT2D eigenvalue weighted by Crippen LogP contribution is 2.28. The second-order valence-corrected chi connectivity index (χ2v) is 4.74. The first kappa shape index (κ1) is 9.62. The predicted octanol–water partition coefficient (Wildman–Crippen LogP) is 3.48. The van der Waals surface area contributed by atoms with Gasteiger partial charge in [0.2, 0.25) is 4.47 Å². The predicted molar refractivity (Wildman–Crippen MR) is 59.8 cm³/mol. The highest BCUT2D eigenvalue weighted by Gasteiger charge is 2.07. The molecular formula is C10H9ClN2S. The summed E-state index contributed by atoms with van der Waals surface area (Å²) in [6.07, 6.45) is 0. The molecule has 2 aromatic rings. The molecule has 0 saturated carbocycles. The van der Waals surface area contributed by atoms with Crippen LogP contribution in [-0.4, -0.2) is 10.2 Å². The molecule has 0 aliphatic heterocycles. The Labute approximate surface area is 91.6 Å². The molecule has 0 saturated heterocycles. The van der Waals surface area contributed by atoms with E-state index < -0.39 is 0 Å². The zero-order valence-corrected chi connectivity index (χ0v) is 9.49. The number of aromatic nitrogens is 2. The number of hydrogen-bond acceptors (Lipinski definition) is 3. The van der Waals surface area contributed by atoms with Gasteiger partial charge in [-0.15, -0.1) is 10.2 Å². The molecule has 0 N–H and O–H groups in total. The Morgan fingerprint density at radius 3 is 2.57 bits per heavy atom. The maximum atomic E-state index is 5.74. The van der Waals surface area contributed by atoms with Gasteiger partial charge in [0.05, 0.1) is 0 Å². The zero-order valence-electron chi connectivity index (χ0n) is 7.91. The van der Waals surface area contributed by atoms with Crippen LogP contribution in [0.1, 0.15) is 11.1 Å². The van der Waals surface area contributed by atoms with Crippen molar-refractivity contribution in [2.24, 2.45) is 0 Å². The minimum absolute atomic E-state index is 0.486. The minimum Gasteiger partial charge on any atom is -0.137 e. The van der Waals surface area contributed by atoms with E-state index in [1.54, 1.807) is 0 Å². The van der Waals surface area contributed by atoms with Crippen LogP contribution in [0.3, 0.4) is 0 Å². The second kappa shape index (κ2) is 3.67. The number of aryl methyl sites for hydroxylation is 2. The lowest BCUT2D eigenvalue weighted by Crippen LogP contribution is -1.83. The van der Waals surface area contributed by atoms with Gasteiger partial charge in [0, 0.05) is 5.56 Å². The molecule has 0 unspecified atom stereocenters. The van der Waals surface area contributed by atoms with Crippen molar-refractivity contribution < 1.29 is 0 Å². The third-order valence-corrected chi connectivity index (χ3v) is 3.06. The molecule has 0 spiro atoms. The van der Waals surface area contributed by atoms with Gasteiger partial charge in [-0.2, -0.15) is 0 Å². The van der Waals surface area contributed by atoms with Crippen molar-refractivity contribution >= 4 is 22.9 Å². The van der Waals surface area contributed by atoms with Gasteiger partial charge in [-0.05, 0) is 31.0 Å². The number of rotatable bonds is 1. The Bertz CT molecular complexity index is 465. The summed E-state index contributed by atoms with van der Waals surface area (Å²) in [5.74, 6) is 0. The van der Waals surface area contributed by atoms with Gasteiger partial charge < -0.3 is 0 Å². The molecule has 2 nitrogen and oxygen atoms in total. The van der Waals surface area contributed by atoms with Crippen molar-refractivity contribution in [3.63, 3.8) is 0 Å². The molecule has 2 rings (SSSR count). The summed E-state index contributed by atoms with van der Waals surface area (Å²) in [4.78, 5) is 0. The fourth-order valence-electron chi connectivity index (χ4n) is 1.37. The quantitative estimate of drug-likeness (QED) is 0.741. The van der Waals surface area contributed by atoms with Crippen molar-refractivity contribution in [2.75, 3.05) is 0 Å². The molecule has 0 radical (unpaired) electrons. The van der Waals surface area contributed by atoms with Crippen molar-refractivity contribution in [2.45, 2.75) is 13.8 Å². The molecular weight excluding hydrogens is 216 g/mol. The Kier molecular flexibility index (Phi) is 2.52. The van der Waals surface area contributed by atoms with Gasteiger partial charge in [-0.3, -0.25) is 0 Å². The lowest BCUT2D eigenvalue weighted by Gasteiger charge is -2.01. The van der Waals surface area contributed by atoms with Crippen LogP contribution in [0, 0.1) is 13.8 Å². The molecule has 1 heterocycles. The monoisotopic (exact) mass is 224 g/mol. The van der Waals surface area contributed by atoms with E-state index in [9.17, 15) is 0 Å². The van der Waals surface area contributed by atoms with Crippen LogP contribution < -0.4 is 0 Å². The van der Waals surface area contributed by atoms with Crippen molar-refractivity contribution in [3.8, 4) is 10.6 Å². The van der Waals surface area contributed by atoms with Crippen LogP contribution in [-0.2, 0) is 0 Å². The molecule has 1 aromatic heterocycles. The number of nitrogens with zero attached hydrogens (tertiary/aromatic N) is 2. The first-order valence-electron chi connectivity index (χ1n) is 4.23. The highest BCUT2D eigenvalue weighted by atomic mass is 35.5. The smallest absolute Gasteiger partial charge is 0.137 e. The summed E-state index contributed by atoms with van der Waals surface area (Å²) in [5, 5.41) is 8.69. The standard InChI is InChI=1S/C10H9ClN2S/c1-6-3-4-8(7(2)5-6)9-12-13-10(11)14-9/h3-5H,1-2H3. The molecule has 14 heavy (non-hydrogen) atoms. The van der Waals surface area contributed by atoms with Crippen LogP contribution in [0.4, 0.5) is 0 Å². The Morgan fingerprint density at radius 2 is 2.00 bits per heavy atom. The van der Waals surface area contributed by atoms with Gasteiger partial charge in [-0.1, -0.05) is 35.1 Å². The largest absolute Gasteiger partial charge is 0.207 e. The van der Waals surface area contributed by atoms with Gasteiger partial charge >= 0.3 is 0 Å². The molecule has 0 aliphatic carbocycles. The van der Waals surface area contributed by atoms with E-state index in [0.717, 1.165) is 10.6 Å². The molecule has 4 heteroatoms. The summed E-state index contributed by atoms with van der Waals surface area (Å²) < 4.78 is 0.486. The zero-order chi connectivity index (χ0) is 10.1. The topological polar surface area (TPSA) is 25.8 Å². The van der Waals surface area contributed by atoms with E-state index in [2.05, 4.69) is 42.2 Å². The van der Waals surface area contributed by atoms with Gasteiger partial charge in [-0.25, -0.2) is 0 Å². The minimum atomic E-state index is 0.486. The fourth-order valence-corrected chi connectivity index (χ4v) is 2.29. The average molecular weight is 225 g/mol. The summed E-state index contributed by atoms with van der Waals surface area (Å²) in [6, 6.07) is 6.25. The summed E-state index contributed by atoms with van der Waals surface area (Å²) >= 11 is 7.14. The van der Waals surface area contributed by atoms with Crippen molar-refractivity contribution in [1.82, 2.24) is 10.2 Å². The summed E-state index contributed by atoms with van der Waals surface area (Å²) in [5.41, 5.74) is 3.57. The Balaban J connectivity index is 2.52. The van der Waals surface area contributed by atoms with E-state index in [0.29, 0.717) is 4.47 Å². The number of benzene rings is 1. The van der Waals surface area contributed by atoms with Crippen LogP contribution in [0.2, 0.25) is 4.47 Å². The number of halogens is 1. The Hall–Kier alpha value is -0.930. The molecule has 0 atom stereocenters. The van der Waals surface area contributed by atoms with E-state index in [1.807, 2.05) is 0 Å². The fraction of sp³-hybridized carbons (Fsp3) is 0.200. The van der Waals surface area contributed by atoms with Crippen LogP contribution in [0.25, 0.3) is 10.6 Å². The molecule has 0 amide bonds. The lowest BCUT2D eigenvalue weighted by molar-refractivity contribution is 1.09. The van der Waals surface area contributed by atoms with Crippen molar-refractivity contribution in [3.05, 3.63) is 33.8 Å². The Morgan fingerprint density at radius 1 is 1.21 bits per heavy atom. The summed E-state index contributed by atoms with van der Waals surface area (Å²) in [7, 11) is 0. The van der Waals surface area contributed by atoms with Crippen LogP contribution in [0.5, 0.6) is 0 Å². The molecule has 0 aliphatic rings. The molecule has 1 aromatic carbocycles. The number of hydrogen-bond donors (Lipinski definition) is 0. The van der Waals surface area contributed by atoms with Crippen LogP contribution >= 0.6 is 22.9 Å². The summed E-state index contributed by atoms with van der Waals surface area (Å²) in [6.45, 7) is 4.14.